The SMILES string of the molecule is CCOc1ccc(/C(O)=C2\C(=O)C(=O)N(c3cc(F)ccc3F)C2c2ccc(O)cc2)cc1C. The molecule has 0 bridgehead atoms. The largest absolute Gasteiger partial charge is 0.508 e. The van der Waals surface area contributed by atoms with Gasteiger partial charge in [0, 0.05) is 11.6 Å². The van der Waals surface area contributed by atoms with Crippen LogP contribution in [0.3, 0.4) is 0 Å². The molecule has 1 heterocycles. The van der Waals surface area contributed by atoms with Gasteiger partial charge in [-0.3, -0.25) is 14.5 Å². The molecule has 34 heavy (non-hydrogen) atoms. The number of benzene rings is 3. The van der Waals surface area contributed by atoms with Crippen LogP contribution in [0.5, 0.6) is 11.5 Å². The van der Waals surface area contributed by atoms with Gasteiger partial charge in [-0.25, -0.2) is 8.78 Å². The van der Waals surface area contributed by atoms with Gasteiger partial charge in [0.2, 0.25) is 0 Å². The number of rotatable bonds is 5. The molecule has 1 aliphatic heterocycles. The quantitative estimate of drug-likeness (QED) is 0.315. The molecule has 0 spiro atoms. The van der Waals surface area contributed by atoms with E-state index in [1.54, 1.807) is 19.1 Å². The molecule has 1 unspecified atom stereocenters. The minimum Gasteiger partial charge on any atom is -0.508 e. The van der Waals surface area contributed by atoms with E-state index >= 15 is 0 Å². The molecule has 1 atom stereocenters. The van der Waals surface area contributed by atoms with Crippen LogP contribution in [0.2, 0.25) is 0 Å². The van der Waals surface area contributed by atoms with E-state index in [-0.39, 0.29) is 16.9 Å². The predicted molar refractivity (Wildman–Crippen MR) is 122 cm³/mol. The second kappa shape index (κ2) is 8.97. The number of hydrogen-bond acceptors (Lipinski definition) is 5. The summed E-state index contributed by atoms with van der Waals surface area (Å²) in [5.41, 5.74) is 0.523. The Morgan fingerprint density at radius 2 is 1.74 bits per heavy atom. The maximum atomic E-state index is 14.7. The van der Waals surface area contributed by atoms with Gasteiger partial charge in [0.1, 0.15) is 28.9 Å². The molecule has 4 rings (SSSR count). The lowest BCUT2D eigenvalue weighted by molar-refractivity contribution is -0.132. The number of hydrogen-bond donors (Lipinski definition) is 2. The molecule has 2 N–H and O–H groups in total. The average Bonchev–Trinajstić information content (AvgIpc) is 3.07. The van der Waals surface area contributed by atoms with Crippen molar-refractivity contribution in [2.45, 2.75) is 19.9 Å². The Balaban J connectivity index is 1.94. The smallest absolute Gasteiger partial charge is 0.300 e. The average molecular weight is 465 g/mol. The third kappa shape index (κ3) is 3.98. The van der Waals surface area contributed by atoms with Crippen molar-refractivity contribution in [3.63, 3.8) is 0 Å². The molecule has 3 aromatic rings. The highest BCUT2D eigenvalue weighted by Crippen LogP contribution is 2.43. The van der Waals surface area contributed by atoms with Gasteiger partial charge < -0.3 is 14.9 Å². The zero-order chi connectivity index (χ0) is 24.6. The number of phenolic OH excluding ortho intramolecular Hbond substituents is 1. The Kier molecular flexibility index (Phi) is 6.06. The fourth-order valence-electron chi connectivity index (χ4n) is 3.99. The molecule has 0 radical (unpaired) electrons. The topological polar surface area (TPSA) is 87.1 Å². The lowest BCUT2D eigenvalue weighted by Crippen LogP contribution is -2.30. The molecule has 3 aromatic carbocycles. The van der Waals surface area contributed by atoms with Gasteiger partial charge in [0.15, 0.2) is 0 Å². The number of phenols is 1. The van der Waals surface area contributed by atoms with Crippen LogP contribution >= 0.6 is 0 Å². The number of ether oxygens (including phenoxy) is 1. The monoisotopic (exact) mass is 465 g/mol. The summed E-state index contributed by atoms with van der Waals surface area (Å²) in [7, 11) is 0. The van der Waals surface area contributed by atoms with Crippen LogP contribution in [0.4, 0.5) is 14.5 Å². The number of aliphatic hydroxyl groups is 1. The van der Waals surface area contributed by atoms with Gasteiger partial charge in [-0.2, -0.15) is 0 Å². The van der Waals surface area contributed by atoms with Gasteiger partial charge in [0.05, 0.1) is 23.9 Å². The van der Waals surface area contributed by atoms with Gasteiger partial charge in [-0.15, -0.1) is 0 Å². The highest BCUT2D eigenvalue weighted by Gasteiger charge is 2.47. The van der Waals surface area contributed by atoms with Crippen LogP contribution in [-0.4, -0.2) is 28.5 Å². The summed E-state index contributed by atoms with van der Waals surface area (Å²) >= 11 is 0. The van der Waals surface area contributed by atoms with Crippen molar-refractivity contribution in [1.82, 2.24) is 0 Å². The number of aromatic hydroxyl groups is 1. The summed E-state index contributed by atoms with van der Waals surface area (Å²) in [4.78, 5) is 27.0. The second-order valence-electron chi connectivity index (χ2n) is 7.77. The van der Waals surface area contributed by atoms with Crippen LogP contribution in [-0.2, 0) is 9.59 Å². The first-order valence-electron chi connectivity index (χ1n) is 10.5. The molecule has 1 saturated heterocycles. The molecule has 1 fully saturated rings. The summed E-state index contributed by atoms with van der Waals surface area (Å²) in [6.07, 6.45) is 0. The summed E-state index contributed by atoms with van der Waals surface area (Å²) in [6, 6.07) is 11.6. The third-order valence-electron chi connectivity index (χ3n) is 5.57. The number of Topliss-reactive ketones (excluding diaryl/α,β-unsaturated/α-hetero) is 1. The van der Waals surface area contributed by atoms with E-state index in [0.29, 0.717) is 23.5 Å². The van der Waals surface area contributed by atoms with E-state index in [4.69, 9.17) is 4.74 Å². The molecule has 6 nitrogen and oxygen atoms in total. The summed E-state index contributed by atoms with van der Waals surface area (Å²) < 4.78 is 34.2. The van der Waals surface area contributed by atoms with Crippen molar-refractivity contribution in [1.29, 1.82) is 0 Å². The number of anilines is 1. The highest BCUT2D eigenvalue weighted by molar-refractivity contribution is 6.51. The summed E-state index contributed by atoms with van der Waals surface area (Å²) in [5, 5.41) is 20.8. The lowest BCUT2D eigenvalue weighted by Gasteiger charge is -2.26. The Morgan fingerprint density at radius 3 is 2.38 bits per heavy atom. The maximum Gasteiger partial charge on any atom is 0.300 e. The van der Waals surface area contributed by atoms with Crippen molar-refractivity contribution in [2.24, 2.45) is 0 Å². The minimum absolute atomic E-state index is 0.0697. The van der Waals surface area contributed by atoms with Gasteiger partial charge in [0.25, 0.3) is 11.7 Å². The predicted octanol–water partition coefficient (Wildman–Crippen LogP) is 5.00. The molecule has 0 saturated carbocycles. The number of aryl methyl sites for hydroxylation is 1. The number of ketones is 1. The van der Waals surface area contributed by atoms with E-state index in [0.717, 1.165) is 23.1 Å². The van der Waals surface area contributed by atoms with Crippen molar-refractivity contribution in [3.05, 3.63) is 94.6 Å². The van der Waals surface area contributed by atoms with Crippen LogP contribution < -0.4 is 9.64 Å². The van der Waals surface area contributed by atoms with Crippen molar-refractivity contribution < 1.29 is 33.3 Å². The third-order valence-corrected chi connectivity index (χ3v) is 5.57. The van der Waals surface area contributed by atoms with Gasteiger partial charge in [-0.05, 0) is 67.4 Å². The Morgan fingerprint density at radius 1 is 1.03 bits per heavy atom. The lowest BCUT2D eigenvalue weighted by atomic mass is 9.94. The van der Waals surface area contributed by atoms with Crippen LogP contribution in [0.15, 0.2) is 66.2 Å². The molecular formula is C26H21F2NO5. The van der Waals surface area contributed by atoms with Crippen LogP contribution in [0.25, 0.3) is 5.76 Å². The molecule has 0 aliphatic carbocycles. The number of halogens is 2. The van der Waals surface area contributed by atoms with Crippen LogP contribution in [0.1, 0.15) is 29.7 Å². The number of carbonyl (C=O) groups excluding carboxylic acids is 2. The number of nitrogens with zero attached hydrogens (tertiary/aromatic N) is 1. The van der Waals surface area contributed by atoms with Crippen molar-refractivity contribution in [2.75, 3.05) is 11.5 Å². The number of amides is 1. The minimum atomic E-state index is -1.26. The molecular weight excluding hydrogens is 444 g/mol. The van der Waals surface area contributed by atoms with Crippen molar-refractivity contribution >= 4 is 23.1 Å². The number of carbonyl (C=O) groups is 2. The molecule has 174 valence electrons. The van der Waals surface area contributed by atoms with E-state index < -0.39 is 40.8 Å². The maximum absolute atomic E-state index is 14.7. The Hall–Kier alpha value is -4.20. The zero-order valence-corrected chi connectivity index (χ0v) is 18.4. The Labute approximate surface area is 194 Å². The standard InChI is InChI=1S/C26H21F2NO5/c1-3-34-21-11-6-16(12-14(21)2)24(31)22-23(15-4-8-18(30)9-5-15)29(26(33)25(22)32)20-13-17(27)7-10-19(20)28/h4-13,23,30-31H,3H2,1-2H3/b24-22+. The van der Waals surface area contributed by atoms with Gasteiger partial charge >= 0.3 is 0 Å². The number of aliphatic hydroxyl groups excluding tert-OH is 1. The van der Waals surface area contributed by atoms with E-state index in [9.17, 15) is 28.6 Å². The second-order valence-corrected chi connectivity index (χ2v) is 7.77. The molecule has 8 heteroatoms. The Bertz CT molecular complexity index is 1320. The first-order valence-corrected chi connectivity index (χ1v) is 10.5. The van der Waals surface area contributed by atoms with E-state index in [2.05, 4.69) is 0 Å². The molecule has 1 amide bonds. The van der Waals surface area contributed by atoms with Crippen molar-refractivity contribution in [3.8, 4) is 11.5 Å². The summed E-state index contributed by atoms with van der Waals surface area (Å²) in [5.74, 6) is -3.83. The van der Waals surface area contributed by atoms with Gasteiger partial charge in [-0.1, -0.05) is 12.1 Å². The molecule has 1 aliphatic rings. The van der Waals surface area contributed by atoms with Crippen LogP contribution in [0, 0.1) is 18.6 Å². The first kappa shape index (κ1) is 23.0. The fraction of sp³-hybridized carbons (Fsp3) is 0.154. The summed E-state index contributed by atoms with van der Waals surface area (Å²) in [6.45, 7) is 4.04. The zero-order valence-electron chi connectivity index (χ0n) is 18.4. The fourth-order valence-corrected chi connectivity index (χ4v) is 3.99. The normalized spacial score (nSPS) is 17.3. The first-order chi connectivity index (χ1) is 16.2. The molecule has 0 aromatic heterocycles. The van der Waals surface area contributed by atoms with E-state index in [1.807, 2.05) is 6.92 Å². The highest BCUT2D eigenvalue weighted by atomic mass is 19.1. The van der Waals surface area contributed by atoms with E-state index in [1.165, 1.54) is 30.3 Å².